The van der Waals surface area contributed by atoms with E-state index in [0.717, 1.165) is 107 Å². The molecule has 2 aromatic heterocycles. The molecule has 0 N–H and O–H groups in total. The first-order valence-corrected chi connectivity index (χ1v) is 38.5. The summed E-state index contributed by atoms with van der Waals surface area (Å²) in [5.41, 5.74) is 29.7. The van der Waals surface area contributed by atoms with Gasteiger partial charge in [-0.15, -0.1) is 0 Å². The normalized spacial score (nSPS) is 11.6. The third-order valence-corrected chi connectivity index (χ3v) is 22.6. The Balaban J connectivity index is 0.637. The first kappa shape index (κ1) is 65.5. The van der Waals surface area contributed by atoms with E-state index in [1.165, 1.54) is 92.7 Å². The maximum absolute atomic E-state index is 2.45. The van der Waals surface area contributed by atoms with Crippen molar-refractivity contribution in [3.63, 3.8) is 0 Å². The Morgan fingerprint density at radius 2 is 0.482 bits per heavy atom. The number of rotatable bonds is 15. The van der Waals surface area contributed by atoms with Gasteiger partial charge in [-0.2, -0.15) is 0 Å². The Kier molecular flexibility index (Phi) is 16.2. The minimum atomic E-state index is 1.06. The van der Waals surface area contributed by atoms with E-state index in [1.54, 1.807) is 0 Å². The van der Waals surface area contributed by atoms with Crippen LogP contribution in [0.25, 0.3) is 165 Å². The second kappa shape index (κ2) is 27.7. The minimum absolute atomic E-state index is 1.06. The minimum Gasteiger partial charge on any atom is -0.310 e. The Morgan fingerprint density at radius 3 is 1.04 bits per heavy atom. The van der Waals surface area contributed by atoms with Crippen molar-refractivity contribution in [1.29, 1.82) is 0 Å². The van der Waals surface area contributed by atoms with Crippen molar-refractivity contribution < 1.29 is 0 Å². The molecule has 0 saturated carbocycles. The lowest BCUT2D eigenvalue weighted by atomic mass is 9.91. The summed E-state index contributed by atoms with van der Waals surface area (Å²) in [4.78, 5) is 4.77. The monoisotopic (exact) mass is 1420 g/mol. The smallest absolute Gasteiger partial charge is 0.0547 e. The highest BCUT2D eigenvalue weighted by Gasteiger charge is 2.24. The van der Waals surface area contributed by atoms with Crippen LogP contribution in [-0.2, 0) is 0 Å². The Morgan fingerprint density at radius 1 is 0.152 bits per heavy atom. The molecular formula is C108H72N4. The highest BCUT2D eigenvalue weighted by atomic mass is 15.1. The highest BCUT2D eigenvalue weighted by Crippen LogP contribution is 2.48. The molecule has 0 aliphatic heterocycles. The molecule has 0 saturated heterocycles. The van der Waals surface area contributed by atoms with Crippen LogP contribution in [0.15, 0.2) is 437 Å². The van der Waals surface area contributed by atoms with Crippen molar-refractivity contribution in [3.05, 3.63) is 437 Å². The highest BCUT2D eigenvalue weighted by molar-refractivity contribution is 6.27. The van der Waals surface area contributed by atoms with Gasteiger partial charge in [-0.05, 0) is 262 Å². The van der Waals surface area contributed by atoms with Gasteiger partial charge in [0.25, 0.3) is 0 Å². The molecule has 4 nitrogen and oxygen atoms in total. The summed E-state index contributed by atoms with van der Waals surface area (Å²) in [7, 11) is 0. The first-order valence-electron chi connectivity index (χ1n) is 38.5. The van der Waals surface area contributed by atoms with E-state index in [2.05, 4.69) is 456 Å². The second-order valence-corrected chi connectivity index (χ2v) is 29.1. The van der Waals surface area contributed by atoms with Crippen molar-refractivity contribution in [2.45, 2.75) is 0 Å². The predicted molar refractivity (Wildman–Crippen MR) is 475 cm³/mol. The average Bonchev–Trinajstić information content (AvgIpc) is 1.54. The van der Waals surface area contributed by atoms with Gasteiger partial charge in [0.05, 0.1) is 22.1 Å². The van der Waals surface area contributed by atoms with E-state index in [4.69, 9.17) is 0 Å². The lowest BCUT2D eigenvalue weighted by Gasteiger charge is -2.26. The lowest BCUT2D eigenvalue weighted by molar-refractivity contribution is 1.18. The van der Waals surface area contributed by atoms with Crippen LogP contribution >= 0.6 is 0 Å². The van der Waals surface area contributed by atoms with Gasteiger partial charge in [-0.25, -0.2) is 0 Å². The zero-order chi connectivity index (χ0) is 74.0. The van der Waals surface area contributed by atoms with Crippen LogP contribution in [0.1, 0.15) is 0 Å². The zero-order valence-corrected chi connectivity index (χ0v) is 61.4. The van der Waals surface area contributed by atoms with Crippen molar-refractivity contribution in [2.75, 3.05) is 9.80 Å². The molecule has 0 aliphatic carbocycles. The average molecular weight is 1430 g/mol. The summed E-state index contributed by atoms with van der Waals surface area (Å²) < 4.78 is 4.88. The molecule has 2 heterocycles. The summed E-state index contributed by atoms with van der Waals surface area (Å²) >= 11 is 0. The number of hydrogen-bond acceptors (Lipinski definition) is 2. The Labute approximate surface area is 650 Å². The molecule has 0 amide bonds. The van der Waals surface area contributed by atoms with E-state index < -0.39 is 0 Å². The second-order valence-electron chi connectivity index (χ2n) is 29.1. The molecular weight excluding hydrogens is 1350 g/mol. The third-order valence-electron chi connectivity index (χ3n) is 22.6. The molecule has 21 rings (SSSR count). The molecule has 0 fully saturated rings. The summed E-state index contributed by atoms with van der Waals surface area (Å²) in [6, 6.07) is 160. The lowest BCUT2D eigenvalue weighted by Crippen LogP contribution is -2.09. The molecule has 112 heavy (non-hydrogen) atoms. The Bertz CT molecular complexity index is 7140. The van der Waals surface area contributed by atoms with E-state index >= 15 is 0 Å². The molecule has 21 aromatic rings. The number of nitrogens with zero attached hydrogens (tertiary/aromatic N) is 4. The van der Waals surface area contributed by atoms with Crippen LogP contribution in [0, 0.1) is 0 Å². The topological polar surface area (TPSA) is 16.3 Å². The van der Waals surface area contributed by atoms with Gasteiger partial charge in [0.1, 0.15) is 0 Å². The Hall–Kier alpha value is -14.8. The van der Waals surface area contributed by atoms with Gasteiger partial charge in [-0.3, -0.25) is 0 Å². The van der Waals surface area contributed by atoms with Crippen LogP contribution in [0.3, 0.4) is 0 Å². The van der Waals surface area contributed by atoms with Gasteiger partial charge in [-0.1, -0.05) is 285 Å². The third kappa shape index (κ3) is 11.6. The van der Waals surface area contributed by atoms with Crippen LogP contribution < -0.4 is 9.80 Å². The fourth-order valence-electron chi connectivity index (χ4n) is 17.5. The van der Waals surface area contributed by atoms with Crippen molar-refractivity contribution in [3.8, 4) is 89.3 Å². The van der Waals surface area contributed by atoms with Gasteiger partial charge < -0.3 is 18.9 Å². The van der Waals surface area contributed by atoms with E-state index in [9.17, 15) is 0 Å². The predicted octanol–water partition coefficient (Wildman–Crippen LogP) is 29.9. The fraction of sp³-hybridized carbons (Fsp3) is 0. The molecule has 0 bridgehead atoms. The summed E-state index contributed by atoms with van der Waals surface area (Å²) in [5, 5.41) is 12.3. The zero-order valence-electron chi connectivity index (χ0n) is 61.4. The van der Waals surface area contributed by atoms with Gasteiger partial charge in [0.15, 0.2) is 0 Å². The quantitative estimate of drug-likeness (QED) is 0.102. The molecule has 524 valence electrons. The largest absolute Gasteiger partial charge is 0.310 e. The molecule has 0 unspecified atom stereocenters. The van der Waals surface area contributed by atoms with E-state index in [0.29, 0.717) is 0 Å². The van der Waals surface area contributed by atoms with Crippen LogP contribution in [0.2, 0.25) is 0 Å². The summed E-state index contributed by atoms with van der Waals surface area (Å²) in [6.07, 6.45) is 0. The summed E-state index contributed by atoms with van der Waals surface area (Å²) in [6.45, 7) is 0. The van der Waals surface area contributed by atoms with Gasteiger partial charge in [0, 0.05) is 67.0 Å². The first-order chi connectivity index (χ1) is 55.5. The van der Waals surface area contributed by atoms with Crippen LogP contribution in [0.4, 0.5) is 34.1 Å². The van der Waals surface area contributed by atoms with Crippen LogP contribution in [-0.4, -0.2) is 9.13 Å². The standard InChI is InChI=1S/C108H72N4/c1-6-26-73(27-7-1)84-68-85(74-52-59-91(60-53-74)109(87-35-8-2-9-36-87)93-43-21-33-81(71-93)98-48-24-50-101-106(98)105-97-46-19-17-29-76(97)57-64-103(105)111(101)89-39-12-4-13-40-89)70-86(69-84)79-32-20-31-78(66-79)80-56-63-100-83(67-80)58-65-104-108(100)107-99(49-25-51-102(107)112(104)90-41-14-5-15-42-90)82-34-22-44-94(72-82)110(88-37-10-3-11-38-88)92-61-54-77(55-62-92)96-47-23-30-75-28-16-18-45-95(75)96/h1-72H. The van der Waals surface area contributed by atoms with Gasteiger partial charge >= 0.3 is 0 Å². The fourth-order valence-corrected chi connectivity index (χ4v) is 17.5. The number of benzene rings is 19. The molecule has 0 aliphatic rings. The molecule has 0 atom stereocenters. The summed E-state index contributed by atoms with van der Waals surface area (Å²) in [5.74, 6) is 0. The van der Waals surface area contributed by atoms with Gasteiger partial charge in [0.2, 0.25) is 0 Å². The number of hydrogen-bond donors (Lipinski definition) is 0. The number of fused-ring (bicyclic) bond motifs is 11. The molecule has 4 heteroatoms. The van der Waals surface area contributed by atoms with E-state index in [-0.39, 0.29) is 0 Å². The maximum atomic E-state index is 2.45. The number of para-hydroxylation sites is 4. The van der Waals surface area contributed by atoms with Crippen LogP contribution in [0.5, 0.6) is 0 Å². The van der Waals surface area contributed by atoms with Crippen molar-refractivity contribution in [1.82, 2.24) is 9.13 Å². The molecule has 0 radical (unpaired) electrons. The van der Waals surface area contributed by atoms with Crippen molar-refractivity contribution in [2.24, 2.45) is 0 Å². The SMILES string of the molecule is c1ccc(-c2cc(-c3ccc(N(c4ccccc4)c4cccc(-c5cccc6c5c5c7ccccc7ccc5n6-c5ccccc5)c4)cc3)cc(-c3cccc(-c4ccc5c(ccc6c5c5c(-c7cccc(N(c8ccccc8)c8ccc(-c9cccc%10ccccc9%10)cc8)c7)cccc5n6-c5ccccc5)c4)c3)c2)cc1. The van der Waals surface area contributed by atoms with Crippen molar-refractivity contribution >= 4 is 110 Å². The number of anilines is 6. The molecule has 19 aromatic carbocycles. The maximum Gasteiger partial charge on any atom is 0.0547 e. The molecule has 0 spiro atoms. The van der Waals surface area contributed by atoms with E-state index in [1.807, 2.05) is 0 Å². The number of aromatic nitrogens is 2.